The SMILES string of the molecule is CCN(CC(=O)NCc1ccc(F)cc1)CC(C)(C)O. The summed E-state index contributed by atoms with van der Waals surface area (Å²) in [5.41, 5.74) is 0.0260. The molecule has 0 atom stereocenters. The Morgan fingerprint density at radius 1 is 1.35 bits per heavy atom. The number of aliphatic hydroxyl groups is 1. The topological polar surface area (TPSA) is 52.6 Å². The third-order valence-corrected chi connectivity index (χ3v) is 2.83. The standard InChI is InChI=1S/C15H23FN2O2/c1-4-18(11-15(2,3)20)10-14(19)17-9-12-5-7-13(16)8-6-12/h5-8,20H,4,9-11H2,1-3H3,(H,17,19). The second kappa shape index (κ2) is 7.36. The molecule has 0 unspecified atom stereocenters. The zero-order chi connectivity index (χ0) is 15.2. The van der Waals surface area contributed by atoms with E-state index in [-0.39, 0.29) is 18.3 Å². The van der Waals surface area contributed by atoms with Crippen molar-refractivity contribution in [1.82, 2.24) is 10.2 Å². The molecule has 5 heteroatoms. The van der Waals surface area contributed by atoms with Crippen molar-refractivity contribution in [2.45, 2.75) is 32.9 Å². The maximum Gasteiger partial charge on any atom is 0.234 e. The fraction of sp³-hybridized carbons (Fsp3) is 0.533. The molecule has 112 valence electrons. The molecule has 0 fully saturated rings. The predicted molar refractivity (Wildman–Crippen MR) is 76.7 cm³/mol. The van der Waals surface area contributed by atoms with Gasteiger partial charge in [0.05, 0.1) is 12.1 Å². The van der Waals surface area contributed by atoms with Crippen molar-refractivity contribution < 1.29 is 14.3 Å². The number of likely N-dealkylation sites (N-methyl/N-ethyl adjacent to an activating group) is 1. The van der Waals surface area contributed by atoms with E-state index in [0.717, 1.165) is 5.56 Å². The van der Waals surface area contributed by atoms with Gasteiger partial charge in [0, 0.05) is 13.1 Å². The Hall–Kier alpha value is -1.46. The van der Waals surface area contributed by atoms with Crippen LogP contribution < -0.4 is 5.32 Å². The maximum atomic E-state index is 12.7. The van der Waals surface area contributed by atoms with Crippen molar-refractivity contribution in [3.63, 3.8) is 0 Å². The lowest BCUT2D eigenvalue weighted by atomic mass is 10.1. The normalized spacial score (nSPS) is 11.7. The van der Waals surface area contributed by atoms with Gasteiger partial charge in [-0.2, -0.15) is 0 Å². The minimum Gasteiger partial charge on any atom is -0.389 e. The summed E-state index contributed by atoms with van der Waals surface area (Å²) < 4.78 is 12.7. The molecule has 0 aliphatic carbocycles. The van der Waals surface area contributed by atoms with E-state index in [1.54, 1.807) is 26.0 Å². The van der Waals surface area contributed by atoms with Gasteiger partial charge < -0.3 is 10.4 Å². The fourth-order valence-electron chi connectivity index (χ4n) is 1.89. The summed E-state index contributed by atoms with van der Waals surface area (Å²) in [5.74, 6) is -0.400. The van der Waals surface area contributed by atoms with Crippen molar-refractivity contribution in [1.29, 1.82) is 0 Å². The number of amides is 1. The summed E-state index contributed by atoms with van der Waals surface area (Å²) >= 11 is 0. The van der Waals surface area contributed by atoms with Gasteiger partial charge in [-0.25, -0.2) is 4.39 Å². The van der Waals surface area contributed by atoms with E-state index in [1.807, 2.05) is 11.8 Å². The van der Waals surface area contributed by atoms with Crippen LogP contribution in [0.1, 0.15) is 26.3 Å². The summed E-state index contributed by atoms with van der Waals surface area (Å²) in [4.78, 5) is 13.7. The van der Waals surface area contributed by atoms with Gasteiger partial charge in [0.1, 0.15) is 5.82 Å². The summed E-state index contributed by atoms with van der Waals surface area (Å²) in [7, 11) is 0. The van der Waals surface area contributed by atoms with Gasteiger partial charge in [-0.05, 0) is 38.1 Å². The van der Waals surface area contributed by atoms with Gasteiger partial charge in [-0.3, -0.25) is 9.69 Å². The molecule has 2 N–H and O–H groups in total. The number of rotatable bonds is 7. The molecule has 1 aromatic rings. The third-order valence-electron chi connectivity index (χ3n) is 2.83. The second-order valence-corrected chi connectivity index (χ2v) is 5.52. The first-order valence-electron chi connectivity index (χ1n) is 6.76. The molecule has 1 aromatic carbocycles. The maximum absolute atomic E-state index is 12.7. The van der Waals surface area contributed by atoms with E-state index in [0.29, 0.717) is 19.6 Å². The van der Waals surface area contributed by atoms with Crippen molar-refractivity contribution in [3.8, 4) is 0 Å². The first-order valence-corrected chi connectivity index (χ1v) is 6.76. The van der Waals surface area contributed by atoms with Crippen LogP contribution in [0.3, 0.4) is 0 Å². The van der Waals surface area contributed by atoms with Crippen LogP contribution in [-0.2, 0) is 11.3 Å². The van der Waals surface area contributed by atoms with Crippen LogP contribution in [0.5, 0.6) is 0 Å². The quantitative estimate of drug-likeness (QED) is 0.797. The number of hydrogen-bond donors (Lipinski definition) is 2. The van der Waals surface area contributed by atoms with Crippen molar-refractivity contribution >= 4 is 5.91 Å². The zero-order valence-electron chi connectivity index (χ0n) is 12.3. The lowest BCUT2D eigenvalue weighted by Crippen LogP contribution is -2.43. The van der Waals surface area contributed by atoms with Crippen LogP contribution in [0.4, 0.5) is 4.39 Å². The van der Waals surface area contributed by atoms with Crippen molar-refractivity contribution in [3.05, 3.63) is 35.6 Å². The number of carbonyl (C=O) groups excluding carboxylic acids is 1. The number of halogens is 1. The van der Waals surface area contributed by atoms with Gasteiger partial charge >= 0.3 is 0 Å². The fourth-order valence-corrected chi connectivity index (χ4v) is 1.89. The molecule has 4 nitrogen and oxygen atoms in total. The van der Waals surface area contributed by atoms with Crippen LogP contribution >= 0.6 is 0 Å². The average molecular weight is 282 g/mol. The molecule has 20 heavy (non-hydrogen) atoms. The monoisotopic (exact) mass is 282 g/mol. The number of nitrogens with zero attached hydrogens (tertiary/aromatic N) is 1. The number of carbonyl (C=O) groups is 1. The van der Waals surface area contributed by atoms with E-state index >= 15 is 0 Å². The lowest BCUT2D eigenvalue weighted by Gasteiger charge is -2.27. The van der Waals surface area contributed by atoms with Crippen LogP contribution in [0.2, 0.25) is 0 Å². The summed E-state index contributed by atoms with van der Waals surface area (Å²) in [5, 5.41) is 12.5. The highest BCUT2D eigenvalue weighted by Crippen LogP contribution is 2.05. The van der Waals surface area contributed by atoms with Gasteiger partial charge in [-0.15, -0.1) is 0 Å². The van der Waals surface area contributed by atoms with Crippen LogP contribution in [0.25, 0.3) is 0 Å². The summed E-state index contributed by atoms with van der Waals surface area (Å²) in [6.07, 6.45) is 0. The van der Waals surface area contributed by atoms with E-state index in [2.05, 4.69) is 5.32 Å². The smallest absolute Gasteiger partial charge is 0.234 e. The molecule has 0 saturated heterocycles. The average Bonchev–Trinajstić information content (AvgIpc) is 2.35. The lowest BCUT2D eigenvalue weighted by molar-refractivity contribution is -0.123. The summed E-state index contributed by atoms with van der Waals surface area (Å²) in [6, 6.07) is 6.02. The third kappa shape index (κ3) is 6.63. The van der Waals surface area contributed by atoms with Crippen LogP contribution in [0, 0.1) is 5.82 Å². The largest absolute Gasteiger partial charge is 0.389 e. The van der Waals surface area contributed by atoms with E-state index in [1.165, 1.54) is 12.1 Å². The molecule has 0 spiro atoms. The Labute approximate surface area is 119 Å². The molecule has 1 amide bonds. The Kier molecular flexibility index (Phi) is 6.10. The number of nitrogens with one attached hydrogen (secondary N) is 1. The molecule has 0 radical (unpaired) electrons. The molecular weight excluding hydrogens is 259 g/mol. The molecule has 0 aliphatic heterocycles. The van der Waals surface area contributed by atoms with E-state index in [4.69, 9.17) is 0 Å². The van der Waals surface area contributed by atoms with Gasteiger partial charge in [0.2, 0.25) is 5.91 Å². The molecular formula is C15H23FN2O2. The molecule has 0 bridgehead atoms. The van der Waals surface area contributed by atoms with Gasteiger partial charge in [0.25, 0.3) is 0 Å². The Morgan fingerprint density at radius 2 is 1.95 bits per heavy atom. The Balaban J connectivity index is 2.40. The van der Waals surface area contributed by atoms with Gasteiger partial charge in [0.15, 0.2) is 0 Å². The van der Waals surface area contributed by atoms with E-state index in [9.17, 15) is 14.3 Å². The highest BCUT2D eigenvalue weighted by atomic mass is 19.1. The van der Waals surface area contributed by atoms with Crippen LogP contribution in [0.15, 0.2) is 24.3 Å². The highest BCUT2D eigenvalue weighted by Gasteiger charge is 2.18. The second-order valence-electron chi connectivity index (χ2n) is 5.52. The molecule has 0 saturated carbocycles. The number of hydrogen-bond acceptors (Lipinski definition) is 3. The molecule has 1 rings (SSSR count). The van der Waals surface area contributed by atoms with Gasteiger partial charge in [-0.1, -0.05) is 19.1 Å². The van der Waals surface area contributed by atoms with Crippen LogP contribution in [-0.4, -0.2) is 41.1 Å². The number of benzene rings is 1. The summed E-state index contributed by atoms with van der Waals surface area (Å²) in [6.45, 7) is 7.11. The van der Waals surface area contributed by atoms with Crippen molar-refractivity contribution in [2.75, 3.05) is 19.6 Å². The predicted octanol–water partition coefficient (Wildman–Crippen LogP) is 1.53. The molecule has 0 heterocycles. The molecule has 0 aliphatic rings. The minimum atomic E-state index is -0.826. The Morgan fingerprint density at radius 3 is 2.45 bits per heavy atom. The van der Waals surface area contributed by atoms with Crippen molar-refractivity contribution in [2.24, 2.45) is 0 Å². The molecule has 0 aromatic heterocycles. The highest BCUT2D eigenvalue weighted by molar-refractivity contribution is 5.78. The van der Waals surface area contributed by atoms with E-state index < -0.39 is 5.60 Å². The first kappa shape index (κ1) is 16.6. The zero-order valence-corrected chi connectivity index (χ0v) is 12.3. The first-order chi connectivity index (χ1) is 9.30. The minimum absolute atomic E-state index is 0.111. The Bertz CT molecular complexity index is 426.